The highest BCUT2D eigenvalue weighted by atomic mass is 16.6. The van der Waals surface area contributed by atoms with Gasteiger partial charge in [0.05, 0.1) is 0 Å². The molecule has 1 aliphatic heterocycles. The first kappa shape index (κ1) is 11.9. The fourth-order valence-corrected chi connectivity index (χ4v) is 4.40. The van der Waals surface area contributed by atoms with E-state index in [-0.39, 0.29) is 23.4 Å². The van der Waals surface area contributed by atoms with Gasteiger partial charge in [-0.05, 0) is 31.1 Å². The fourth-order valence-electron chi connectivity index (χ4n) is 4.40. The maximum absolute atomic E-state index is 12.2. The van der Waals surface area contributed by atoms with Crippen LogP contribution in [0.5, 0.6) is 0 Å². The van der Waals surface area contributed by atoms with Gasteiger partial charge in [0.15, 0.2) is 0 Å². The molecule has 98 valence electrons. The van der Waals surface area contributed by atoms with Crippen molar-refractivity contribution >= 4 is 11.8 Å². The Labute approximate surface area is 108 Å². The van der Waals surface area contributed by atoms with Gasteiger partial charge in [-0.25, -0.2) is 4.79 Å². The summed E-state index contributed by atoms with van der Waals surface area (Å²) in [5.74, 6) is 1.05. The number of Topliss-reactive ketones (excluding diaryl/α,β-unsaturated/α-hetero) is 1. The molecule has 3 heteroatoms. The van der Waals surface area contributed by atoms with Gasteiger partial charge in [0, 0.05) is 23.3 Å². The smallest absolute Gasteiger partial charge is 0.334 e. The first-order valence-electron chi connectivity index (χ1n) is 6.86. The van der Waals surface area contributed by atoms with Gasteiger partial charge in [0.25, 0.3) is 0 Å². The molecule has 3 fully saturated rings. The van der Waals surface area contributed by atoms with Gasteiger partial charge in [-0.3, -0.25) is 4.79 Å². The molecule has 3 nitrogen and oxygen atoms in total. The molecule has 0 radical (unpaired) electrons. The number of fused-ring (bicyclic) bond motifs is 2. The Balaban J connectivity index is 1.98. The Morgan fingerprint density at radius 3 is 2.83 bits per heavy atom. The first-order valence-corrected chi connectivity index (χ1v) is 6.86. The molecule has 0 N–H and O–H groups in total. The highest BCUT2D eigenvalue weighted by Gasteiger charge is 2.55. The summed E-state index contributed by atoms with van der Waals surface area (Å²) in [7, 11) is 0. The second kappa shape index (κ2) is 3.69. The molecular weight excluding hydrogens is 228 g/mol. The number of hydrogen-bond donors (Lipinski definition) is 0. The summed E-state index contributed by atoms with van der Waals surface area (Å²) in [6, 6.07) is 0. The molecule has 1 heterocycles. The Morgan fingerprint density at radius 1 is 1.39 bits per heavy atom. The van der Waals surface area contributed by atoms with Crippen molar-refractivity contribution in [2.45, 2.75) is 45.6 Å². The number of ketones is 1. The number of rotatable bonds is 0. The van der Waals surface area contributed by atoms with Crippen molar-refractivity contribution in [1.82, 2.24) is 0 Å². The molecule has 2 aliphatic carbocycles. The van der Waals surface area contributed by atoms with Crippen LogP contribution in [-0.4, -0.2) is 17.9 Å². The van der Waals surface area contributed by atoms with Gasteiger partial charge in [-0.15, -0.1) is 0 Å². The van der Waals surface area contributed by atoms with E-state index in [1.807, 2.05) is 0 Å². The van der Waals surface area contributed by atoms with Crippen molar-refractivity contribution in [2.75, 3.05) is 0 Å². The van der Waals surface area contributed by atoms with Crippen LogP contribution in [0.25, 0.3) is 0 Å². The average Bonchev–Trinajstić information content (AvgIpc) is 2.69. The van der Waals surface area contributed by atoms with E-state index >= 15 is 0 Å². The molecule has 0 amide bonds. The Kier molecular flexibility index (Phi) is 2.45. The predicted octanol–water partition coefficient (Wildman–Crippen LogP) is 2.50. The lowest BCUT2D eigenvalue weighted by atomic mass is 9.70. The molecule has 0 spiro atoms. The van der Waals surface area contributed by atoms with Crippen molar-refractivity contribution in [1.29, 1.82) is 0 Å². The van der Waals surface area contributed by atoms with Gasteiger partial charge in [0.2, 0.25) is 0 Å². The van der Waals surface area contributed by atoms with E-state index < -0.39 is 0 Å². The summed E-state index contributed by atoms with van der Waals surface area (Å²) in [5, 5.41) is 0. The van der Waals surface area contributed by atoms with Crippen LogP contribution in [0.15, 0.2) is 12.2 Å². The third-order valence-electron chi connectivity index (χ3n) is 5.49. The zero-order valence-electron chi connectivity index (χ0n) is 11.1. The quantitative estimate of drug-likeness (QED) is 0.488. The van der Waals surface area contributed by atoms with Crippen LogP contribution in [0.1, 0.15) is 39.5 Å². The molecule has 0 aromatic rings. The van der Waals surface area contributed by atoms with Crippen LogP contribution >= 0.6 is 0 Å². The second-order valence-electron chi connectivity index (χ2n) is 6.48. The monoisotopic (exact) mass is 248 g/mol. The lowest BCUT2D eigenvalue weighted by Crippen LogP contribution is -2.32. The zero-order chi connectivity index (χ0) is 13.1. The minimum absolute atomic E-state index is 0.0461. The fraction of sp³-hybridized carbons (Fsp3) is 0.733. The molecular formula is C15H20O3. The van der Waals surface area contributed by atoms with Crippen LogP contribution in [0.4, 0.5) is 0 Å². The molecule has 0 unspecified atom stereocenters. The molecule has 18 heavy (non-hydrogen) atoms. The first-order chi connectivity index (χ1) is 8.43. The molecule has 0 aromatic carbocycles. The zero-order valence-corrected chi connectivity index (χ0v) is 11.1. The van der Waals surface area contributed by atoms with Gasteiger partial charge >= 0.3 is 5.97 Å². The van der Waals surface area contributed by atoms with E-state index in [1.165, 1.54) is 0 Å². The summed E-state index contributed by atoms with van der Waals surface area (Å²) in [5.41, 5.74) is 0.309. The van der Waals surface area contributed by atoms with E-state index in [9.17, 15) is 9.59 Å². The minimum Gasteiger partial charge on any atom is -0.458 e. The van der Waals surface area contributed by atoms with Crippen molar-refractivity contribution in [3.63, 3.8) is 0 Å². The Morgan fingerprint density at radius 2 is 2.11 bits per heavy atom. The lowest BCUT2D eigenvalue weighted by Gasteiger charge is -2.32. The molecule has 3 rings (SSSR count). The Hall–Kier alpha value is -1.12. The van der Waals surface area contributed by atoms with Crippen LogP contribution in [-0.2, 0) is 14.3 Å². The maximum atomic E-state index is 12.2. The topological polar surface area (TPSA) is 43.4 Å². The molecule has 0 aromatic heterocycles. The Bertz CT molecular complexity index is 439. The van der Waals surface area contributed by atoms with E-state index in [0.29, 0.717) is 29.6 Å². The van der Waals surface area contributed by atoms with Gasteiger partial charge in [-0.2, -0.15) is 0 Å². The van der Waals surface area contributed by atoms with Crippen molar-refractivity contribution in [2.24, 2.45) is 23.2 Å². The standard InChI is InChI=1S/C15H20O3/c1-8-6-12-10(9(2)14(17)18-12)7-15(3)11(8)4-5-13(15)16/h8,10-12H,2,4-7H2,1,3H3/t8-,10+,11-,12+,15-/m1/s1. The largest absolute Gasteiger partial charge is 0.458 e. The lowest BCUT2D eigenvalue weighted by molar-refractivity contribution is -0.139. The number of esters is 1. The summed E-state index contributed by atoms with van der Waals surface area (Å²) in [6.45, 7) is 8.15. The van der Waals surface area contributed by atoms with Crippen molar-refractivity contribution in [3.8, 4) is 0 Å². The van der Waals surface area contributed by atoms with E-state index in [0.717, 1.165) is 19.3 Å². The summed E-state index contributed by atoms with van der Waals surface area (Å²) < 4.78 is 5.42. The molecule has 1 saturated heterocycles. The second-order valence-corrected chi connectivity index (χ2v) is 6.48. The predicted molar refractivity (Wildman–Crippen MR) is 66.7 cm³/mol. The summed E-state index contributed by atoms with van der Waals surface area (Å²) in [6.07, 6.45) is 3.27. The third-order valence-corrected chi connectivity index (χ3v) is 5.49. The van der Waals surface area contributed by atoms with Gasteiger partial charge < -0.3 is 4.74 Å². The molecule has 3 aliphatic rings. The van der Waals surface area contributed by atoms with E-state index in [4.69, 9.17) is 4.74 Å². The molecule has 2 saturated carbocycles. The number of carbonyl (C=O) groups is 2. The number of carbonyl (C=O) groups excluding carboxylic acids is 2. The van der Waals surface area contributed by atoms with Crippen molar-refractivity contribution in [3.05, 3.63) is 12.2 Å². The third kappa shape index (κ3) is 1.42. The van der Waals surface area contributed by atoms with E-state index in [2.05, 4.69) is 20.4 Å². The van der Waals surface area contributed by atoms with Crippen molar-refractivity contribution < 1.29 is 14.3 Å². The molecule has 0 bridgehead atoms. The minimum atomic E-state index is -0.268. The molecule has 5 atom stereocenters. The van der Waals surface area contributed by atoms with Gasteiger partial charge in [0.1, 0.15) is 11.9 Å². The van der Waals surface area contributed by atoms with E-state index in [1.54, 1.807) is 0 Å². The van der Waals surface area contributed by atoms with Gasteiger partial charge in [-0.1, -0.05) is 20.4 Å². The number of ether oxygens (including phenoxy) is 1. The highest BCUT2D eigenvalue weighted by molar-refractivity contribution is 5.92. The normalized spacial score (nSPS) is 47.6. The SMILES string of the molecule is C=C1C(=O)O[C@H]2C[C@@H](C)[C@H]3CCC(=O)[C@]3(C)C[C@@H]12. The van der Waals surface area contributed by atoms with Crippen LogP contribution in [0.2, 0.25) is 0 Å². The van der Waals surface area contributed by atoms with Crippen LogP contribution in [0, 0.1) is 23.2 Å². The average molecular weight is 248 g/mol. The summed E-state index contributed by atoms with van der Waals surface area (Å²) in [4.78, 5) is 23.9. The summed E-state index contributed by atoms with van der Waals surface area (Å²) >= 11 is 0. The van der Waals surface area contributed by atoms with Crippen LogP contribution in [0.3, 0.4) is 0 Å². The van der Waals surface area contributed by atoms with Crippen LogP contribution < -0.4 is 0 Å². The maximum Gasteiger partial charge on any atom is 0.334 e. The highest BCUT2D eigenvalue weighted by Crippen LogP contribution is 2.55. The number of hydrogen-bond acceptors (Lipinski definition) is 3.